The summed E-state index contributed by atoms with van der Waals surface area (Å²) in [5, 5.41) is 5.33. The van der Waals surface area contributed by atoms with Crippen molar-refractivity contribution in [1.82, 2.24) is 14.6 Å². The number of aryl methyl sites for hydroxylation is 2. The first-order chi connectivity index (χ1) is 13.7. The number of benzene rings is 1. The average Bonchev–Trinajstić information content (AvgIpc) is 3.35. The van der Waals surface area contributed by atoms with E-state index in [1.165, 1.54) is 29.3 Å². The van der Waals surface area contributed by atoms with Gasteiger partial charge >= 0.3 is 0 Å². The van der Waals surface area contributed by atoms with Crippen LogP contribution < -0.4 is 4.74 Å². The zero-order valence-electron chi connectivity index (χ0n) is 16.9. The Kier molecular flexibility index (Phi) is 4.63. The largest absolute Gasteiger partial charge is 0.490 e. The second kappa shape index (κ2) is 7.28. The second-order valence-electron chi connectivity index (χ2n) is 8.50. The summed E-state index contributed by atoms with van der Waals surface area (Å²) in [6.07, 6.45) is 7.39. The first-order valence-corrected chi connectivity index (χ1v) is 10.6. The van der Waals surface area contributed by atoms with Crippen LogP contribution in [0.25, 0.3) is 10.9 Å². The lowest BCUT2D eigenvalue weighted by molar-refractivity contribution is 0.0976. The van der Waals surface area contributed by atoms with Gasteiger partial charge in [-0.05, 0) is 63.6 Å². The van der Waals surface area contributed by atoms with E-state index in [2.05, 4.69) is 45.1 Å². The molecule has 0 bridgehead atoms. The quantitative estimate of drug-likeness (QED) is 0.623. The molecule has 2 aliphatic rings. The maximum absolute atomic E-state index is 6.46. The van der Waals surface area contributed by atoms with E-state index < -0.39 is 0 Å². The maximum Gasteiger partial charge on any atom is 0.138 e. The standard InChI is InChI=1S/C23H29N3O2/c1-16-21(17(2)28-24-16)15-25-11-8-19(9-12-25)27-23-5-3-4-22-20(23)10-13-26(22)14-18-6-7-18/h3-5,10,13,18-19H,6-9,11-12,14-15H2,1-2H3. The Morgan fingerprint density at radius 3 is 2.64 bits per heavy atom. The molecule has 1 aliphatic carbocycles. The fourth-order valence-electron chi connectivity index (χ4n) is 4.35. The summed E-state index contributed by atoms with van der Waals surface area (Å²) < 4.78 is 14.2. The van der Waals surface area contributed by atoms with Crippen LogP contribution in [0.5, 0.6) is 5.75 Å². The molecule has 28 heavy (non-hydrogen) atoms. The SMILES string of the molecule is Cc1noc(C)c1CN1CCC(Oc2cccc3c2ccn3CC2CC2)CC1. The minimum atomic E-state index is 0.290. The summed E-state index contributed by atoms with van der Waals surface area (Å²) in [6.45, 7) is 8.19. The van der Waals surface area contributed by atoms with E-state index in [0.717, 1.165) is 62.1 Å². The molecule has 5 heteroatoms. The molecule has 3 heterocycles. The number of hydrogen-bond acceptors (Lipinski definition) is 4. The molecule has 0 spiro atoms. The smallest absolute Gasteiger partial charge is 0.138 e. The molecule has 5 nitrogen and oxygen atoms in total. The molecule has 1 aliphatic heterocycles. The van der Waals surface area contributed by atoms with Gasteiger partial charge in [0.2, 0.25) is 0 Å². The summed E-state index contributed by atoms with van der Waals surface area (Å²) >= 11 is 0. The molecule has 0 atom stereocenters. The van der Waals surface area contributed by atoms with Gasteiger partial charge < -0.3 is 13.8 Å². The summed E-state index contributed by atoms with van der Waals surface area (Å²) in [7, 11) is 0. The van der Waals surface area contributed by atoms with Crippen molar-refractivity contribution >= 4 is 10.9 Å². The van der Waals surface area contributed by atoms with Crippen LogP contribution in [0.1, 0.15) is 42.7 Å². The number of likely N-dealkylation sites (tertiary alicyclic amines) is 1. The van der Waals surface area contributed by atoms with Crippen LogP contribution in [-0.2, 0) is 13.1 Å². The minimum Gasteiger partial charge on any atom is -0.490 e. The van der Waals surface area contributed by atoms with Gasteiger partial charge in [0.25, 0.3) is 0 Å². The molecule has 2 aromatic heterocycles. The third-order valence-corrected chi connectivity index (χ3v) is 6.32. The Bertz CT molecular complexity index is 942. The van der Waals surface area contributed by atoms with Crippen LogP contribution >= 0.6 is 0 Å². The molecule has 0 N–H and O–H groups in total. The van der Waals surface area contributed by atoms with Gasteiger partial charge in [0.05, 0.1) is 11.2 Å². The number of fused-ring (bicyclic) bond motifs is 1. The van der Waals surface area contributed by atoms with E-state index in [4.69, 9.17) is 9.26 Å². The molecule has 0 radical (unpaired) electrons. The van der Waals surface area contributed by atoms with Gasteiger partial charge in [-0.3, -0.25) is 4.90 Å². The molecule has 0 unspecified atom stereocenters. The van der Waals surface area contributed by atoms with E-state index in [1.54, 1.807) is 0 Å². The van der Waals surface area contributed by atoms with Crippen LogP contribution in [0.3, 0.4) is 0 Å². The van der Waals surface area contributed by atoms with Crippen molar-refractivity contribution in [2.45, 2.75) is 58.7 Å². The van der Waals surface area contributed by atoms with Crippen molar-refractivity contribution in [3.8, 4) is 5.75 Å². The number of aromatic nitrogens is 2. The van der Waals surface area contributed by atoms with Gasteiger partial charge in [0.1, 0.15) is 17.6 Å². The molecule has 2 fully saturated rings. The molecule has 1 saturated carbocycles. The van der Waals surface area contributed by atoms with Crippen molar-refractivity contribution in [1.29, 1.82) is 0 Å². The highest BCUT2D eigenvalue weighted by Gasteiger charge is 2.24. The Labute approximate surface area is 166 Å². The van der Waals surface area contributed by atoms with Crippen LogP contribution in [0.15, 0.2) is 35.0 Å². The van der Waals surface area contributed by atoms with Gasteiger partial charge in [-0.15, -0.1) is 0 Å². The highest BCUT2D eigenvalue weighted by atomic mass is 16.5. The lowest BCUT2D eigenvalue weighted by Gasteiger charge is -2.32. The zero-order chi connectivity index (χ0) is 19.1. The fourth-order valence-corrected chi connectivity index (χ4v) is 4.35. The third kappa shape index (κ3) is 3.55. The summed E-state index contributed by atoms with van der Waals surface area (Å²) in [4.78, 5) is 2.49. The lowest BCUT2D eigenvalue weighted by Crippen LogP contribution is -2.38. The first kappa shape index (κ1) is 17.8. The lowest BCUT2D eigenvalue weighted by atomic mass is 10.1. The summed E-state index contributed by atoms with van der Waals surface area (Å²) in [5.74, 6) is 2.86. The second-order valence-corrected chi connectivity index (χ2v) is 8.50. The summed E-state index contributed by atoms with van der Waals surface area (Å²) in [6, 6.07) is 8.70. The van der Waals surface area contributed by atoms with Gasteiger partial charge in [-0.2, -0.15) is 0 Å². The predicted octanol–water partition coefficient (Wildman–Crippen LogP) is 4.70. The normalized spacial score (nSPS) is 18.8. The maximum atomic E-state index is 6.46. The number of rotatable bonds is 6. The fraction of sp³-hybridized carbons (Fsp3) is 0.522. The van der Waals surface area contributed by atoms with E-state index in [9.17, 15) is 0 Å². The van der Waals surface area contributed by atoms with E-state index >= 15 is 0 Å². The first-order valence-electron chi connectivity index (χ1n) is 10.6. The molecule has 5 rings (SSSR count). The van der Waals surface area contributed by atoms with Gasteiger partial charge in [0.15, 0.2) is 0 Å². The highest BCUT2D eigenvalue weighted by molar-refractivity contribution is 5.86. The van der Waals surface area contributed by atoms with Crippen LogP contribution in [0.4, 0.5) is 0 Å². The van der Waals surface area contributed by atoms with Crippen LogP contribution in [0.2, 0.25) is 0 Å². The van der Waals surface area contributed by atoms with Gasteiger partial charge in [-0.25, -0.2) is 0 Å². The Hall–Kier alpha value is -2.27. The number of piperidine rings is 1. The van der Waals surface area contributed by atoms with Crippen molar-refractivity contribution in [2.75, 3.05) is 13.1 Å². The number of nitrogens with zero attached hydrogens (tertiary/aromatic N) is 3. The Morgan fingerprint density at radius 2 is 1.93 bits per heavy atom. The Morgan fingerprint density at radius 1 is 1.11 bits per heavy atom. The van der Waals surface area contributed by atoms with Crippen molar-refractivity contribution in [3.05, 3.63) is 47.5 Å². The van der Waals surface area contributed by atoms with Crippen LogP contribution in [0, 0.1) is 19.8 Å². The molecule has 0 amide bonds. The van der Waals surface area contributed by atoms with Gasteiger partial charge in [-0.1, -0.05) is 11.2 Å². The van der Waals surface area contributed by atoms with Crippen LogP contribution in [-0.4, -0.2) is 33.8 Å². The van der Waals surface area contributed by atoms with E-state index in [0.29, 0.717) is 6.10 Å². The highest BCUT2D eigenvalue weighted by Crippen LogP contribution is 2.34. The third-order valence-electron chi connectivity index (χ3n) is 6.32. The molecule has 1 saturated heterocycles. The zero-order valence-corrected chi connectivity index (χ0v) is 16.9. The minimum absolute atomic E-state index is 0.290. The van der Waals surface area contributed by atoms with Gasteiger partial charge in [0, 0.05) is 43.3 Å². The molecule has 1 aromatic carbocycles. The number of hydrogen-bond donors (Lipinski definition) is 0. The molecular formula is C23H29N3O2. The summed E-state index contributed by atoms with van der Waals surface area (Å²) in [5.41, 5.74) is 3.56. The molecule has 148 valence electrons. The van der Waals surface area contributed by atoms with Crippen molar-refractivity contribution in [3.63, 3.8) is 0 Å². The predicted molar refractivity (Wildman–Crippen MR) is 110 cm³/mol. The molecular weight excluding hydrogens is 350 g/mol. The number of ether oxygens (including phenoxy) is 1. The Balaban J connectivity index is 1.22. The van der Waals surface area contributed by atoms with E-state index in [-0.39, 0.29) is 0 Å². The van der Waals surface area contributed by atoms with Crippen molar-refractivity contribution < 1.29 is 9.26 Å². The monoisotopic (exact) mass is 379 g/mol. The average molecular weight is 380 g/mol. The molecule has 3 aromatic rings. The topological polar surface area (TPSA) is 43.4 Å². The van der Waals surface area contributed by atoms with E-state index in [1.807, 2.05) is 13.8 Å². The van der Waals surface area contributed by atoms with Crippen molar-refractivity contribution in [2.24, 2.45) is 5.92 Å².